The minimum Gasteiger partial charge on any atom is -0.357 e. The van der Waals surface area contributed by atoms with Crippen molar-refractivity contribution in [2.45, 2.75) is 0 Å². The van der Waals surface area contributed by atoms with Crippen molar-refractivity contribution in [3.05, 3.63) is 55.4 Å². The fourth-order valence-corrected chi connectivity index (χ4v) is 1.08. The van der Waals surface area contributed by atoms with Crippen molar-refractivity contribution < 1.29 is 0 Å². The van der Waals surface area contributed by atoms with E-state index in [1.807, 2.05) is 30.0 Å². The van der Waals surface area contributed by atoms with Crippen molar-refractivity contribution in [1.82, 2.24) is 4.57 Å². The lowest BCUT2D eigenvalue weighted by atomic mass is 10.1. The van der Waals surface area contributed by atoms with E-state index in [1.54, 1.807) is 6.08 Å². The summed E-state index contributed by atoms with van der Waals surface area (Å²) < 4.78 is 2.01. The summed E-state index contributed by atoms with van der Waals surface area (Å²) in [6, 6.07) is 2.05. The van der Waals surface area contributed by atoms with Gasteiger partial charge >= 0.3 is 0 Å². The quantitative estimate of drug-likeness (QED) is 0.598. The Hall–Kier alpha value is -1.50. The molecule has 62 valence electrons. The zero-order valence-electron chi connectivity index (χ0n) is 7.33. The summed E-state index contributed by atoms with van der Waals surface area (Å²) >= 11 is 0. The van der Waals surface area contributed by atoms with Crippen LogP contribution in [0.4, 0.5) is 0 Å². The fraction of sp³-hybridized carbons (Fsp3) is 0.0909. The van der Waals surface area contributed by atoms with Crippen LogP contribution in [0, 0.1) is 0 Å². The maximum Gasteiger partial charge on any atom is 0.0110 e. The van der Waals surface area contributed by atoms with Crippen molar-refractivity contribution in [2.75, 3.05) is 0 Å². The monoisotopic (exact) mass is 159 g/mol. The van der Waals surface area contributed by atoms with E-state index in [-0.39, 0.29) is 0 Å². The second-order valence-corrected chi connectivity index (χ2v) is 2.63. The van der Waals surface area contributed by atoms with Gasteiger partial charge in [0.2, 0.25) is 0 Å². The number of rotatable bonds is 3. The molecular weight excluding hydrogens is 146 g/mol. The molecule has 0 N–H and O–H groups in total. The van der Waals surface area contributed by atoms with Crippen molar-refractivity contribution in [1.29, 1.82) is 0 Å². The van der Waals surface area contributed by atoms with E-state index in [0.717, 1.165) is 5.57 Å². The Kier molecular flexibility index (Phi) is 2.70. The zero-order chi connectivity index (χ0) is 8.97. The third-order valence-corrected chi connectivity index (χ3v) is 1.68. The van der Waals surface area contributed by atoms with Crippen molar-refractivity contribution in [2.24, 2.45) is 7.05 Å². The molecule has 0 fully saturated rings. The molecule has 1 aromatic heterocycles. The molecule has 0 spiro atoms. The van der Waals surface area contributed by atoms with Crippen LogP contribution >= 0.6 is 0 Å². The summed E-state index contributed by atoms with van der Waals surface area (Å²) in [4.78, 5) is 0. The Balaban J connectivity index is 3.02. The fourth-order valence-electron chi connectivity index (χ4n) is 1.08. The van der Waals surface area contributed by atoms with Crippen LogP contribution in [0.3, 0.4) is 0 Å². The largest absolute Gasteiger partial charge is 0.357 e. The van der Waals surface area contributed by atoms with Crippen LogP contribution in [0.15, 0.2) is 49.8 Å². The number of hydrogen-bond donors (Lipinski definition) is 0. The number of hydrogen-bond acceptors (Lipinski definition) is 0. The second kappa shape index (κ2) is 3.77. The molecule has 1 nitrogen and oxygen atoms in total. The third-order valence-electron chi connectivity index (χ3n) is 1.68. The number of aryl methyl sites for hydroxylation is 1. The van der Waals surface area contributed by atoms with Gasteiger partial charge in [0.05, 0.1) is 0 Å². The van der Waals surface area contributed by atoms with Gasteiger partial charge in [-0.05, 0) is 17.2 Å². The van der Waals surface area contributed by atoms with E-state index in [4.69, 9.17) is 0 Å². The molecule has 1 aromatic rings. The summed E-state index contributed by atoms with van der Waals surface area (Å²) in [5.41, 5.74) is 2.28. The average molecular weight is 159 g/mol. The van der Waals surface area contributed by atoms with Crippen LogP contribution < -0.4 is 0 Å². The van der Waals surface area contributed by atoms with E-state index in [0.29, 0.717) is 0 Å². The Morgan fingerprint density at radius 3 is 2.67 bits per heavy atom. The molecule has 0 unspecified atom stereocenters. The summed E-state index contributed by atoms with van der Waals surface area (Å²) in [6.45, 7) is 7.39. The van der Waals surface area contributed by atoms with E-state index in [1.165, 1.54) is 5.56 Å². The van der Waals surface area contributed by atoms with Crippen molar-refractivity contribution in [3.63, 3.8) is 0 Å². The predicted octanol–water partition coefficient (Wildman–Crippen LogP) is 2.78. The van der Waals surface area contributed by atoms with Gasteiger partial charge in [-0.2, -0.15) is 0 Å². The first-order valence-electron chi connectivity index (χ1n) is 3.85. The number of allylic oxidation sites excluding steroid dienone is 4. The molecule has 0 atom stereocenters. The van der Waals surface area contributed by atoms with Gasteiger partial charge in [-0.25, -0.2) is 0 Å². The minimum absolute atomic E-state index is 1.10. The Bertz CT molecular complexity index is 316. The van der Waals surface area contributed by atoms with E-state index < -0.39 is 0 Å². The van der Waals surface area contributed by atoms with Crippen LogP contribution in [0.2, 0.25) is 0 Å². The lowest BCUT2D eigenvalue weighted by Crippen LogP contribution is -1.79. The van der Waals surface area contributed by atoms with Gasteiger partial charge in [0.1, 0.15) is 0 Å². The molecule has 0 aliphatic heterocycles. The third kappa shape index (κ3) is 1.76. The van der Waals surface area contributed by atoms with Gasteiger partial charge in [0, 0.05) is 19.4 Å². The Morgan fingerprint density at radius 2 is 2.25 bits per heavy atom. The maximum atomic E-state index is 3.74. The zero-order valence-corrected chi connectivity index (χ0v) is 7.33. The van der Waals surface area contributed by atoms with Gasteiger partial charge in [-0.15, -0.1) is 0 Å². The number of aromatic nitrogens is 1. The first-order chi connectivity index (χ1) is 5.77. The topological polar surface area (TPSA) is 4.93 Å². The van der Waals surface area contributed by atoms with E-state index in [2.05, 4.69) is 25.4 Å². The van der Waals surface area contributed by atoms with Gasteiger partial charge in [-0.1, -0.05) is 31.4 Å². The normalized spacial score (nSPS) is 11.2. The van der Waals surface area contributed by atoms with Crippen LogP contribution in [-0.4, -0.2) is 4.57 Å². The van der Waals surface area contributed by atoms with Crippen molar-refractivity contribution in [3.8, 4) is 0 Å². The smallest absolute Gasteiger partial charge is 0.0110 e. The van der Waals surface area contributed by atoms with Gasteiger partial charge in [0.15, 0.2) is 0 Å². The molecule has 0 aliphatic rings. The summed E-state index contributed by atoms with van der Waals surface area (Å²) in [5.74, 6) is 0. The molecule has 1 heteroatoms. The first-order valence-corrected chi connectivity index (χ1v) is 3.85. The molecule has 0 aromatic carbocycles. The van der Waals surface area contributed by atoms with E-state index >= 15 is 0 Å². The minimum atomic E-state index is 1.10. The molecule has 0 saturated carbocycles. The molecule has 1 rings (SSSR count). The summed E-state index contributed by atoms with van der Waals surface area (Å²) in [7, 11) is 2.00. The molecule has 12 heavy (non-hydrogen) atoms. The Morgan fingerprint density at radius 1 is 1.50 bits per heavy atom. The average Bonchev–Trinajstić information content (AvgIpc) is 2.47. The molecule has 0 aliphatic carbocycles. The van der Waals surface area contributed by atoms with Gasteiger partial charge < -0.3 is 4.57 Å². The molecule has 0 saturated heterocycles. The molecule has 1 heterocycles. The highest BCUT2D eigenvalue weighted by Gasteiger charge is 1.96. The maximum absolute atomic E-state index is 3.74. The van der Waals surface area contributed by atoms with E-state index in [9.17, 15) is 0 Å². The number of nitrogens with zero attached hydrogens (tertiary/aromatic N) is 1. The lowest BCUT2D eigenvalue weighted by molar-refractivity contribution is 0.927. The SMILES string of the molecule is C=C/C=C(\C=C)c1ccn(C)c1. The first kappa shape index (κ1) is 8.60. The molecular formula is C11H13N. The predicted molar refractivity (Wildman–Crippen MR) is 53.8 cm³/mol. The second-order valence-electron chi connectivity index (χ2n) is 2.63. The summed E-state index contributed by atoms with van der Waals surface area (Å²) in [5, 5.41) is 0. The van der Waals surface area contributed by atoms with Crippen LogP contribution in [0.1, 0.15) is 5.56 Å². The molecule has 0 bridgehead atoms. The molecule has 0 amide bonds. The van der Waals surface area contributed by atoms with Gasteiger partial charge in [-0.3, -0.25) is 0 Å². The highest BCUT2D eigenvalue weighted by atomic mass is 14.9. The van der Waals surface area contributed by atoms with Crippen molar-refractivity contribution >= 4 is 5.57 Å². The van der Waals surface area contributed by atoms with Gasteiger partial charge in [0.25, 0.3) is 0 Å². The standard InChI is InChI=1S/C11H13N/c1-4-6-10(5-2)11-7-8-12(3)9-11/h4-9H,1-2H2,3H3/b10-6+. The Labute approximate surface area is 73.3 Å². The lowest BCUT2D eigenvalue weighted by Gasteiger charge is -1.94. The van der Waals surface area contributed by atoms with Crippen LogP contribution in [-0.2, 0) is 7.05 Å². The summed E-state index contributed by atoms with van der Waals surface area (Å²) in [6.07, 6.45) is 9.61. The highest BCUT2D eigenvalue weighted by Crippen LogP contribution is 2.14. The highest BCUT2D eigenvalue weighted by molar-refractivity contribution is 5.74. The molecule has 0 radical (unpaired) electrons. The van der Waals surface area contributed by atoms with Crippen LogP contribution in [0.25, 0.3) is 5.57 Å². The van der Waals surface area contributed by atoms with Crippen LogP contribution in [0.5, 0.6) is 0 Å².